The molecule has 681 valence electrons. The molecule has 0 aliphatic rings. The van der Waals surface area contributed by atoms with Gasteiger partial charge in [0.2, 0.25) is 0 Å². The molecular weight excluding hydrogens is 2250 g/mol. The van der Waals surface area contributed by atoms with Crippen molar-refractivity contribution in [1.29, 1.82) is 0 Å². The Hall–Kier alpha value is -12.0. The molecule has 135 heavy (non-hydrogen) atoms. The smallest absolute Gasteiger partial charge is 0.0803 e. The van der Waals surface area contributed by atoms with Gasteiger partial charge < -0.3 is 39.0 Å². The number of nitrogens with zero attached hydrogens (tertiary/aromatic N) is 8. The Labute approximate surface area is 844 Å². The first-order valence-corrected chi connectivity index (χ1v) is 56.8. The topological polar surface area (TPSA) is 87.2 Å². The summed E-state index contributed by atoms with van der Waals surface area (Å²) in [7, 11) is -4.53. The third-order valence-electron chi connectivity index (χ3n) is 23.5. The van der Waals surface area contributed by atoms with E-state index in [0.29, 0.717) is 5.92 Å². The summed E-state index contributed by atoms with van der Waals surface area (Å²) in [4.78, 5) is 27.6. The fourth-order valence-electron chi connectivity index (χ4n) is 17.0. The van der Waals surface area contributed by atoms with Crippen LogP contribution in [0.4, 0.5) is 0 Å². The van der Waals surface area contributed by atoms with E-state index < -0.39 is 24.2 Å². The molecule has 0 amide bonds. The Kier molecular flexibility index (Phi) is 33.9. The van der Waals surface area contributed by atoms with Crippen LogP contribution in [0.15, 0.2) is 365 Å². The first-order valence-electron chi connectivity index (χ1n) is 45.5. The van der Waals surface area contributed by atoms with Gasteiger partial charge in [-0.1, -0.05) is 281 Å². The van der Waals surface area contributed by atoms with Crippen LogP contribution in [0, 0.1) is 63.1 Å². The summed E-state index contributed by atoms with van der Waals surface area (Å²) in [6.07, 6.45) is 12.9. The van der Waals surface area contributed by atoms with Crippen LogP contribution in [-0.4, -0.2) is 63.3 Å². The zero-order chi connectivity index (χ0) is 92.0. The molecule has 0 spiro atoms. The quantitative estimate of drug-likeness (QED) is 0.0751. The van der Waals surface area contributed by atoms with Gasteiger partial charge in [0, 0.05) is 125 Å². The molecule has 0 unspecified atom stereocenters. The maximum Gasteiger partial charge on any atom is 0.0803 e. The van der Waals surface area contributed by atoms with Gasteiger partial charge in [0.1, 0.15) is 0 Å². The molecule has 9 heterocycles. The predicted octanol–water partition coefficient (Wildman–Crippen LogP) is 30.0. The van der Waals surface area contributed by atoms with Crippen LogP contribution in [0.5, 0.6) is 0 Å². The molecule has 21 rings (SSSR count). The minimum atomic E-state index is -1.54. The first-order chi connectivity index (χ1) is 63.9. The number of rotatable bonds is 15. The molecule has 0 N–H and O–H groups in total. The van der Waals surface area contributed by atoms with Gasteiger partial charge in [-0.15, -0.1) is 179 Å². The Morgan fingerprint density at radius 3 is 1.12 bits per heavy atom. The molecule has 0 saturated carbocycles. The number of pyridine rings is 6. The van der Waals surface area contributed by atoms with E-state index in [4.69, 9.17) is 15.0 Å². The number of fused-ring (bicyclic) bond motifs is 9. The van der Waals surface area contributed by atoms with E-state index in [1.807, 2.05) is 121 Å². The van der Waals surface area contributed by atoms with Crippen LogP contribution in [0.25, 0.3) is 159 Å². The van der Waals surface area contributed by atoms with Crippen molar-refractivity contribution in [3.63, 3.8) is 0 Å². The largest absolute Gasteiger partial charge is 0.381 e. The summed E-state index contributed by atoms with van der Waals surface area (Å²) < 4.78 is 7.29. The second kappa shape index (κ2) is 45.5. The molecule has 0 bridgehead atoms. The second-order valence-electron chi connectivity index (χ2n) is 37.0. The van der Waals surface area contributed by atoms with Crippen molar-refractivity contribution in [1.82, 2.24) is 39.0 Å². The Balaban J connectivity index is 0.000000142. The fraction of sp³-hybridized carbons (Fsp3) is 0.150. The molecule has 0 aliphatic heterocycles. The number of benzene rings is 12. The van der Waals surface area contributed by atoms with Crippen LogP contribution >= 0.6 is 11.3 Å². The van der Waals surface area contributed by atoms with Crippen molar-refractivity contribution in [2.75, 3.05) is 0 Å². The summed E-state index contributed by atoms with van der Waals surface area (Å²) in [6, 6.07) is 134. The minimum absolute atomic E-state index is 0. The molecule has 3 radical (unpaired) electrons. The van der Waals surface area contributed by atoms with Crippen LogP contribution in [0.1, 0.15) is 43.0 Å². The molecular formula is C120H110Ir3N8SSi3-6. The van der Waals surface area contributed by atoms with E-state index >= 15 is 0 Å². The van der Waals surface area contributed by atoms with Crippen molar-refractivity contribution in [3.05, 3.63) is 423 Å². The molecule has 8 nitrogen and oxygen atoms in total. The average molecular weight is 2360 g/mol. The zero-order valence-corrected chi connectivity index (χ0v) is 90.1. The second-order valence-corrected chi connectivity index (χ2v) is 53.2. The fourth-order valence-corrected chi connectivity index (χ4v) is 22.6. The van der Waals surface area contributed by atoms with Gasteiger partial charge in [0.25, 0.3) is 0 Å². The van der Waals surface area contributed by atoms with Crippen molar-refractivity contribution < 1.29 is 60.3 Å². The molecule has 0 saturated heterocycles. The summed E-state index contributed by atoms with van der Waals surface area (Å²) >= 11 is 1.83. The molecule has 21 aromatic rings. The van der Waals surface area contributed by atoms with Crippen molar-refractivity contribution in [2.45, 2.75) is 113 Å². The third kappa shape index (κ3) is 24.3. The van der Waals surface area contributed by atoms with Gasteiger partial charge in [-0.05, 0) is 192 Å². The SMILES string of the molecule is CC(C)Cc1cc(-c2[c-]cc3c(c2)c2ccccc2n3-c2ccccc2)ncc1[Si](C)(C)C.CCn1c2c[c-]c(-c3cc(-c4ccccc4)c([Si](C)(C)C)cn3)cc2c2ccccc21.C[Si](C)(C)c1cnc(-c2[c-]cc3sc4ccccc4c3c2)cc1-c1ccccc1.Cc1ccnc(-c2[c-]cccc2)c1.Cc1ccnc(-c2[c-]cccc2)c1.Cc1ccnc(-c2[c-]cccc2)c1.[Ir].[Ir].[Ir]. The van der Waals surface area contributed by atoms with Gasteiger partial charge in [-0.3, -0.25) is 0 Å². The molecule has 15 heteroatoms. The van der Waals surface area contributed by atoms with E-state index in [0.717, 1.165) is 80.5 Å². The predicted molar refractivity (Wildman–Crippen MR) is 570 cm³/mol. The summed E-state index contributed by atoms with van der Waals surface area (Å²) in [5, 5.41) is 11.9. The molecule has 0 fully saturated rings. The Bertz CT molecular complexity index is 7350. The standard InChI is InChI=1S/C30H31N2Si.C28H27N2Si.C26H22NSSi.3C12H10N.3Ir/c1-21(2)17-23-19-27(31-20-30(23)33(3,4)5)22-15-16-29-26(18-22)25-13-9-10-14-28(25)32(29)24-11-7-6-8-12-24;1-5-30-26-14-10-9-13-22(26)24-17-21(15-16-27(24)30)25-18-23(20-11-7-6-8-12-20)28(19-29-25)31(2,3)4;1-29(2,3)26-17-27-23(16-21(26)18-9-5-4-6-10-18)19-13-14-25-22(15-19)20-11-7-8-12-24(20)28-25;3*1-10-7-8-13-12(9-10)11-5-3-2-4-6-11;;;/h6-14,16,18-21H,17H2,1-5H3;6-14,16-19H,5H2,1-4H3;4-12,14-17H,1-3H3;3*2-5,7-9H,1H3;;;/q6*-1;;;. The van der Waals surface area contributed by atoms with Crippen molar-refractivity contribution >= 4 is 115 Å². The van der Waals surface area contributed by atoms with E-state index in [-0.39, 0.29) is 60.3 Å². The minimum Gasteiger partial charge on any atom is -0.381 e. The first kappa shape index (κ1) is 100. The summed E-state index contributed by atoms with van der Waals surface area (Å²) in [5.41, 5.74) is 28.6. The average Bonchev–Trinajstić information content (AvgIpc) is 1.57. The number of thiophene rings is 1. The molecule has 9 aromatic heterocycles. The third-order valence-corrected chi connectivity index (χ3v) is 30.7. The Morgan fingerprint density at radius 1 is 0.311 bits per heavy atom. The number of aromatic nitrogens is 8. The monoisotopic (exact) mass is 2360 g/mol. The van der Waals surface area contributed by atoms with E-state index in [2.05, 4.69) is 416 Å². The number of aryl methyl sites for hydroxylation is 4. The molecule has 0 atom stereocenters. The zero-order valence-electron chi connectivity index (χ0n) is 79.1. The van der Waals surface area contributed by atoms with Crippen molar-refractivity contribution in [2.24, 2.45) is 5.92 Å². The van der Waals surface area contributed by atoms with Crippen LogP contribution < -0.4 is 15.6 Å². The molecule has 12 aromatic carbocycles. The van der Waals surface area contributed by atoms with Gasteiger partial charge in [-0.2, -0.15) is 11.3 Å². The van der Waals surface area contributed by atoms with Gasteiger partial charge in [-0.25, -0.2) is 0 Å². The molecule has 0 aliphatic carbocycles. The summed E-state index contributed by atoms with van der Waals surface area (Å²) in [6.45, 7) is 35.4. The van der Waals surface area contributed by atoms with Crippen LogP contribution in [0.3, 0.4) is 0 Å². The number of hydrogen-bond donors (Lipinski definition) is 0. The van der Waals surface area contributed by atoms with Gasteiger partial charge >= 0.3 is 0 Å². The normalized spacial score (nSPS) is 11.2. The maximum atomic E-state index is 4.93. The Morgan fingerprint density at radius 2 is 0.681 bits per heavy atom. The van der Waals surface area contributed by atoms with Crippen molar-refractivity contribution in [3.8, 4) is 95.5 Å². The maximum absolute atomic E-state index is 4.93. The van der Waals surface area contributed by atoms with E-state index in [1.165, 1.54) is 130 Å². The van der Waals surface area contributed by atoms with Crippen LogP contribution in [-0.2, 0) is 73.3 Å². The van der Waals surface area contributed by atoms with E-state index in [9.17, 15) is 0 Å². The number of para-hydroxylation sites is 3. The number of hydrogen-bond acceptors (Lipinski definition) is 7. The van der Waals surface area contributed by atoms with Crippen LogP contribution in [0.2, 0.25) is 58.9 Å². The van der Waals surface area contributed by atoms with Gasteiger partial charge in [0.15, 0.2) is 0 Å². The van der Waals surface area contributed by atoms with E-state index in [1.54, 1.807) is 0 Å². The summed E-state index contributed by atoms with van der Waals surface area (Å²) in [5.74, 6) is 0.616. The van der Waals surface area contributed by atoms with Gasteiger partial charge in [0.05, 0.1) is 24.2 Å².